The average Bonchev–Trinajstić information content (AvgIpc) is 2.97. The lowest BCUT2D eigenvalue weighted by atomic mass is 10.0. The van der Waals surface area contributed by atoms with Crippen molar-refractivity contribution in [3.8, 4) is 0 Å². The minimum absolute atomic E-state index is 0.0332. The molecular weight excluding hydrogens is 330 g/mol. The van der Waals surface area contributed by atoms with Crippen LogP contribution in [0, 0.1) is 11.6 Å². The van der Waals surface area contributed by atoms with Gasteiger partial charge in [0.2, 0.25) is 0 Å². The molecule has 0 unspecified atom stereocenters. The van der Waals surface area contributed by atoms with Gasteiger partial charge in [-0.3, -0.25) is 4.31 Å². The van der Waals surface area contributed by atoms with Crippen LogP contribution in [0.15, 0.2) is 29.3 Å². The number of anilines is 1. The third-order valence-electron chi connectivity index (χ3n) is 3.64. The van der Waals surface area contributed by atoms with Crippen molar-refractivity contribution in [2.75, 3.05) is 10.8 Å². The fraction of sp³-hybridized carbons (Fsp3) is 0.214. The third-order valence-corrected chi connectivity index (χ3v) is 5.42. The first-order valence-electron chi connectivity index (χ1n) is 6.73. The van der Waals surface area contributed by atoms with Gasteiger partial charge in [-0.15, -0.1) is 0 Å². The van der Waals surface area contributed by atoms with E-state index in [2.05, 4.69) is 4.98 Å². The summed E-state index contributed by atoms with van der Waals surface area (Å²) in [6, 6.07) is 2.71. The van der Waals surface area contributed by atoms with E-state index in [1.165, 1.54) is 0 Å². The Balaban J connectivity index is 2.10. The lowest BCUT2D eigenvalue weighted by Gasteiger charge is -2.30. The molecule has 9 heteroatoms. The highest BCUT2D eigenvalue weighted by Crippen LogP contribution is 2.35. The molecule has 122 valence electrons. The van der Waals surface area contributed by atoms with Crippen molar-refractivity contribution in [1.29, 1.82) is 0 Å². The molecule has 2 aromatic rings. The molecule has 0 radical (unpaired) electrons. The number of aromatic nitrogens is 1. The molecule has 1 aromatic carbocycles. The molecule has 2 N–H and O–H groups in total. The number of fused-ring (bicyclic) bond motifs is 1. The second-order valence-electron chi connectivity index (χ2n) is 5.13. The van der Waals surface area contributed by atoms with Crippen molar-refractivity contribution in [1.82, 2.24) is 4.98 Å². The molecule has 2 heterocycles. The van der Waals surface area contributed by atoms with Gasteiger partial charge in [-0.2, -0.15) is 0 Å². The Labute approximate surface area is 130 Å². The largest absolute Gasteiger partial charge is 0.477 e. The van der Waals surface area contributed by atoms with Gasteiger partial charge in [0.15, 0.2) is 5.82 Å². The van der Waals surface area contributed by atoms with E-state index in [1.54, 1.807) is 0 Å². The Hall–Kier alpha value is -2.42. The molecule has 0 saturated carbocycles. The number of aromatic amines is 1. The van der Waals surface area contributed by atoms with E-state index in [-0.39, 0.29) is 28.4 Å². The van der Waals surface area contributed by atoms with Crippen LogP contribution in [0.25, 0.3) is 0 Å². The van der Waals surface area contributed by atoms with Crippen LogP contribution in [0.4, 0.5) is 14.5 Å². The minimum atomic E-state index is -4.15. The zero-order valence-corrected chi connectivity index (χ0v) is 12.5. The summed E-state index contributed by atoms with van der Waals surface area (Å²) in [6.45, 7) is 0.0332. The summed E-state index contributed by atoms with van der Waals surface area (Å²) in [5, 5.41) is 8.87. The lowest BCUT2D eigenvalue weighted by Crippen LogP contribution is -2.36. The molecule has 1 aliphatic heterocycles. The molecule has 3 rings (SSSR count). The van der Waals surface area contributed by atoms with Crippen LogP contribution in [-0.2, 0) is 16.4 Å². The summed E-state index contributed by atoms with van der Waals surface area (Å²) in [5.74, 6) is -3.04. The van der Waals surface area contributed by atoms with Gasteiger partial charge in [0.05, 0.1) is 5.69 Å². The van der Waals surface area contributed by atoms with Crippen LogP contribution < -0.4 is 4.31 Å². The highest BCUT2D eigenvalue weighted by atomic mass is 32.2. The number of sulfonamides is 1. The third kappa shape index (κ3) is 2.56. The first-order valence-corrected chi connectivity index (χ1v) is 8.17. The van der Waals surface area contributed by atoms with Crippen molar-refractivity contribution in [3.05, 3.63) is 47.3 Å². The zero-order valence-electron chi connectivity index (χ0n) is 11.7. The van der Waals surface area contributed by atoms with Gasteiger partial charge in [-0.1, -0.05) is 0 Å². The number of hydrogen-bond acceptors (Lipinski definition) is 3. The Morgan fingerprint density at radius 1 is 1.26 bits per heavy atom. The predicted octanol–water partition coefficient (Wildman–Crippen LogP) is 2.13. The van der Waals surface area contributed by atoms with Crippen LogP contribution in [0.5, 0.6) is 0 Å². The fourth-order valence-corrected chi connectivity index (χ4v) is 4.17. The van der Waals surface area contributed by atoms with Crippen molar-refractivity contribution in [2.45, 2.75) is 17.7 Å². The smallest absolute Gasteiger partial charge is 0.352 e. The number of nitrogens with zero attached hydrogens (tertiary/aromatic N) is 1. The van der Waals surface area contributed by atoms with E-state index in [9.17, 15) is 22.0 Å². The Bertz CT molecular complexity index is 892. The summed E-state index contributed by atoms with van der Waals surface area (Å²) in [5.41, 5.74) is -0.206. The number of nitrogens with one attached hydrogen (secondary N) is 1. The van der Waals surface area contributed by atoms with E-state index in [1.807, 2.05) is 0 Å². The van der Waals surface area contributed by atoms with Crippen molar-refractivity contribution in [3.63, 3.8) is 0 Å². The van der Waals surface area contributed by atoms with Gasteiger partial charge >= 0.3 is 5.97 Å². The molecule has 6 nitrogen and oxygen atoms in total. The van der Waals surface area contributed by atoms with Crippen LogP contribution in [0.2, 0.25) is 0 Å². The number of halogens is 2. The number of carboxylic acids is 1. The van der Waals surface area contributed by atoms with Gasteiger partial charge in [0.1, 0.15) is 16.4 Å². The maximum Gasteiger partial charge on any atom is 0.352 e. The number of carboxylic acid groups (broad SMARTS) is 1. The van der Waals surface area contributed by atoms with E-state index in [0.29, 0.717) is 18.9 Å². The Kier molecular flexibility index (Phi) is 3.59. The zero-order chi connectivity index (χ0) is 16.8. The van der Waals surface area contributed by atoms with Gasteiger partial charge in [0.25, 0.3) is 10.0 Å². The quantitative estimate of drug-likeness (QED) is 0.894. The van der Waals surface area contributed by atoms with Gasteiger partial charge in [-0.05, 0) is 30.5 Å². The molecular formula is C14H12F2N2O4S. The maximum atomic E-state index is 14.1. The molecule has 0 saturated heterocycles. The van der Waals surface area contributed by atoms with Crippen LogP contribution >= 0.6 is 0 Å². The lowest BCUT2D eigenvalue weighted by molar-refractivity contribution is 0.0691. The summed E-state index contributed by atoms with van der Waals surface area (Å²) in [4.78, 5) is 12.9. The van der Waals surface area contributed by atoms with E-state index < -0.39 is 27.6 Å². The topological polar surface area (TPSA) is 90.5 Å². The summed E-state index contributed by atoms with van der Waals surface area (Å²) in [6.07, 6.45) is 1.81. The summed E-state index contributed by atoms with van der Waals surface area (Å²) >= 11 is 0. The van der Waals surface area contributed by atoms with Crippen molar-refractivity contribution >= 4 is 21.7 Å². The number of aryl methyl sites for hydroxylation is 1. The van der Waals surface area contributed by atoms with Crippen molar-refractivity contribution < 1.29 is 27.1 Å². The Morgan fingerprint density at radius 2 is 2.00 bits per heavy atom. The van der Waals surface area contributed by atoms with Gasteiger partial charge in [-0.25, -0.2) is 22.0 Å². The molecule has 0 amide bonds. The van der Waals surface area contributed by atoms with E-state index >= 15 is 0 Å². The number of hydrogen-bond donors (Lipinski definition) is 2. The second kappa shape index (κ2) is 5.34. The average molecular weight is 342 g/mol. The van der Waals surface area contributed by atoms with Gasteiger partial charge < -0.3 is 10.1 Å². The number of aromatic carboxylic acids is 1. The second-order valence-corrected chi connectivity index (χ2v) is 6.99. The number of rotatable bonds is 3. The molecule has 23 heavy (non-hydrogen) atoms. The SMILES string of the molecule is O=C(O)c1cc(S(=O)(=O)N2CCCc3cc(F)cc(F)c32)c[nH]1. The molecule has 1 aliphatic rings. The Morgan fingerprint density at radius 3 is 2.65 bits per heavy atom. The standard InChI is InChI=1S/C14H12F2N2O4S/c15-9-4-8-2-1-3-18(13(8)11(16)5-9)23(21,22)10-6-12(14(19)20)17-7-10/h4-7,17H,1-3H2,(H,19,20). The van der Waals surface area contributed by atoms with E-state index in [0.717, 1.165) is 22.6 Å². The molecule has 0 bridgehead atoms. The molecule has 0 spiro atoms. The van der Waals surface area contributed by atoms with E-state index in [4.69, 9.17) is 5.11 Å². The van der Waals surface area contributed by atoms with Crippen LogP contribution in [0.1, 0.15) is 22.5 Å². The number of carbonyl (C=O) groups is 1. The summed E-state index contributed by atoms with van der Waals surface area (Å²) in [7, 11) is -4.15. The summed E-state index contributed by atoms with van der Waals surface area (Å²) < 4.78 is 53.6. The van der Waals surface area contributed by atoms with Crippen molar-refractivity contribution in [2.24, 2.45) is 0 Å². The number of H-pyrrole nitrogens is 1. The number of benzene rings is 1. The van der Waals surface area contributed by atoms with Crippen LogP contribution in [0.3, 0.4) is 0 Å². The predicted molar refractivity (Wildman–Crippen MR) is 77.0 cm³/mol. The highest BCUT2D eigenvalue weighted by Gasteiger charge is 2.33. The molecule has 0 aliphatic carbocycles. The normalized spacial score (nSPS) is 14.6. The maximum absolute atomic E-state index is 14.1. The van der Waals surface area contributed by atoms with Gasteiger partial charge in [0, 0.05) is 18.8 Å². The first-order chi connectivity index (χ1) is 10.8. The molecule has 0 atom stereocenters. The highest BCUT2D eigenvalue weighted by molar-refractivity contribution is 7.92. The minimum Gasteiger partial charge on any atom is -0.477 e. The first kappa shape index (κ1) is 15.5. The molecule has 0 fully saturated rings. The fourth-order valence-electron chi connectivity index (χ4n) is 2.63. The van der Waals surface area contributed by atoms with Crippen LogP contribution in [-0.4, -0.2) is 31.0 Å². The molecule has 1 aromatic heterocycles. The monoisotopic (exact) mass is 342 g/mol.